The summed E-state index contributed by atoms with van der Waals surface area (Å²) in [5.41, 5.74) is 0.246. The van der Waals surface area contributed by atoms with E-state index >= 15 is 0 Å². The molecule has 3 aromatic rings. The van der Waals surface area contributed by atoms with Gasteiger partial charge in [0.05, 0.1) is 16.6 Å². The van der Waals surface area contributed by atoms with Crippen LogP contribution in [0.3, 0.4) is 0 Å². The lowest BCUT2D eigenvalue weighted by Crippen LogP contribution is -2.63. The van der Waals surface area contributed by atoms with Crippen LogP contribution in [0.2, 0.25) is 0 Å². The van der Waals surface area contributed by atoms with Gasteiger partial charge in [-0.25, -0.2) is 14.2 Å². The maximum absolute atomic E-state index is 14.8. The van der Waals surface area contributed by atoms with Crippen LogP contribution in [0.5, 0.6) is 0 Å². The second-order valence-electron chi connectivity index (χ2n) is 6.51. The third kappa shape index (κ3) is 2.67. The fraction of sp³-hybridized carbons (Fsp3) is 0.200. The first-order valence-corrected chi connectivity index (χ1v) is 8.37. The molecule has 0 saturated heterocycles. The monoisotopic (exact) mass is 411 g/mol. The summed E-state index contributed by atoms with van der Waals surface area (Å²) < 4.78 is 87.7. The highest BCUT2D eigenvalue weighted by atomic mass is 19.3. The van der Waals surface area contributed by atoms with Gasteiger partial charge in [-0.05, 0) is 24.3 Å². The summed E-state index contributed by atoms with van der Waals surface area (Å²) in [7, 11) is 0. The Morgan fingerprint density at radius 3 is 1.97 bits per heavy atom. The van der Waals surface area contributed by atoms with Gasteiger partial charge in [0.2, 0.25) is 0 Å². The second-order valence-corrected chi connectivity index (χ2v) is 6.51. The van der Waals surface area contributed by atoms with E-state index in [0.29, 0.717) is 0 Å². The van der Waals surface area contributed by atoms with Crippen LogP contribution in [0, 0.1) is 0 Å². The molecule has 2 unspecified atom stereocenters. The Hall–Kier alpha value is -3.10. The van der Waals surface area contributed by atoms with Crippen molar-refractivity contribution >= 4 is 27.8 Å². The van der Waals surface area contributed by atoms with E-state index < -0.39 is 29.8 Å². The Morgan fingerprint density at radius 1 is 0.897 bits per heavy atom. The minimum Gasteiger partial charge on any atom is -0.414 e. The number of alkyl halides is 6. The van der Waals surface area contributed by atoms with Crippen LogP contribution in [0.25, 0.3) is 21.8 Å². The molecule has 29 heavy (non-hydrogen) atoms. The SMILES string of the molecule is O=C(OC1(F)C=CC(F)C(F)(F)C1(F)F)c1c2ccccc2nc2ccccc12. The molecule has 1 aliphatic rings. The molecule has 3 nitrogen and oxygen atoms in total. The number of ether oxygens (including phenoxy) is 1. The van der Waals surface area contributed by atoms with Crippen LogP contribution in [-0.4, -0.2) is 34.8 Å². The quantitative estimate of drug-likeness (QED) is 0.246. The fourth-order valence-electron chi connectivity index (χ4n) is 3.18. The van der Waals surface area contributed by atoms with Gasteiger partial charge in [-0.2, -0.15) is 22.0 Å². The molecule has 4 rings (SSSR count). The van der Waals surface area contributed by atoms with Crippen LogP contribution in [-0.2, 0) is 4.74 Å². The Labute approximate surface area is 159 Å². The van der Waals surface area contributed by atoms with Gasteiger partial charge in [-0.3, -0.25) is 0 Å². The van der Waals surface area contributed by atoms with Crippen LogP contribution >= 0.6 is 0 Å². The fourth-order valence-corrected chi connectivity index (χ4v) is 3.18. The molecule has 0 saturated carbocycles. The molecule has 150 valence electrons. The van der Waals surface area contributed by atoms with Crippen LogP contribution < -0.4 is 0 Å². The summed E-state index contributed by atoms with van der Waals surface area (Å²) in [5.74, 6) is -17.2. The maximum Gasteiger partial charge on any atom is 0.385 e. The summed E-state index contributed by atoms with van der Waals surface area (Å²) in [6.07, 6.45) is -3.71. The highest BCUT2D eigenvalue weighted by molar-refractivity contribution is 6.14. The minimum absolute atomic E-state index is 0.0898. The van der Waals surface area contributed by atoms with Crippen molar-refractivity contribution in [2.24, 2.45) is 0 Å². The van der Waals surface area contributed by atoms with E-state index in [1.807, 2.05) is 0 Å². The van der Waals surface area contributed by atoms with E-state index in [4.69, 9.17) is 0 Å². The van der Waals surface area contributed by atoms with Crippen molar-refractivity contribution in [2.45, 2.75) is 23.9 Å². The third-order valence-electron chi connectivity index (χ3n) is 4.71. The first-order valence-electron chi connectivity index (χ1n) is 8.37. The van der Waals surface area contributed by atoms with Gasteiger partial charge in [0.25, 0.3) is 0 Å². The first kappa shape index (κ1) is 19.2. The van der Waals surface area contributed by atoms with Crippen molar-refractivity contribution in [3.05, 3.63) is 66.2 Å². The molecule has 0 radical (unpaired) electrons. The summed E-state index contributed by atoms with van der Waals surface area (Å²) >= 11 is 0. The summed E-state index contributed by atoms with van der Waals surface area (Å²) in [6.45, 7) is 0. The van der Waals surface area contributed by atoms with E-state index in [-0.39, 0.29) is 39.5 Å². The number of aromatic nitrogens is 1. The number of nitrogens with zero attached hydrogens (tertiary/aromatic N) is 1. The highest BCUT2D eigenvalue weighted by Crippen LogP contribution is 2.52. The number of para-hydroxylation sites is 2. The van der Waals surface area contributed by atoms with Crippen LogP contribution in [0.1, 0.15) is 10.4 Å². The Morgan fingerprint density at radius 2 is 1.41 bits per heavy atom. The van der Waals surface area contributed by atoms with E-state index in [1.54, 1.807) is 12.1 Å². The molecule has 1 heterocycles. The zero-order valence-corrected chi connectivity index (χ0v) is 14.4. The number of benzene rings is 2. The van der Waals surface area contributed by atoms with E-state index in [1.165, 1.54) is 36.4 Å². The van der Waals surface area contributed by atoms with Gasteiger partial charge >= 0.3 is 23.7 Å². The van der Waals surface area contributed by atoms with Gasteiger partial charge < -0.3 is 4.74 Å². The molecule has 0 fully saturated rings. The molecule has 1 aliphatic carbocycles. The molecule has 9 heteroatoms. The molecule has 0 N–H and O–H groups in total. The topological polar surface area (TPSA) is 39.2 Å². The summed E-state index contributed by atoms with van der Waals surface area (Å²) in [5, 5.41) is 0.302. The van der Waals surface area contributed by atoms with Gasteiger partial charge in [0, 0.05) is 10.8 Å². The number of hydrogen-bond acceptors (Lipinski definition) is 3. The molecular formula is C20H11F6NO2. The number of carbonyl (C=O) groups is 1. The zero-order valence-electron chi connectivity index (χ0n) is 14.4. The molecular weight excluding hydrogens is 400 g/mol. The lowest BCUT2D eigenvalue weighted by Gasteiger charge is -2.39. The van der Waals surface area contributed by atoms with Crippen molar-refractivity contribution in [3.8, 4) is 0 Å². The smallest absolute Gasteiger partial charge is 0.385 e. The molecule has 0 amide bonds. The van der Waals surface area contributed by atoms with E-state index in [9.17, 15) is 31.1 Å². The lowest BCUT2D eigenvalue weighted by molar-refractivity contribution is -0.330. The summed E-state index contributed by atoms with van der Waals surface area (Å²) in [4.78, 5) is 17.0. The van der Waals surface area contributed by atoms with E-state index in [2.05, 4.69) is 9.72 Å². The van der Waals surface area contributed by atoms with Crippen molar-refractivity contribution in [1.29, 1.82) is 0 Å². The van der Waals surface area contributed by atoms with E-state index in [0.717, 1.165) is 0 Å². The van der Waals surface area contributed by atoms with Crippen molar-refractivity contribution < 1.29 is 35.9 Å². The minimum atomic E-state index is -5.62. The molecule has 2 atom stereocenters. The number of carbonyl (C=O) groups excluding carboxylic acids is 1. The highest BCUT2D eigenvalue weighted by Gasteiger charge is 2.76. The number of halogens is 6. The Bertz CT molecular complexity index is 1110. The largest absolute Gasteiger partial charge is 0.414 e. The van der Waals surface area contributed by atoms with Gasteiger partial charge in [0.1, 0.15) is 0 Å². The second kappa shape index (κ2) is 6.20. The molecule has 0 aliphatic heterocycles. The van der Waals surface area contributed by atoms with Crippen molar-refractivity contribution in [1.82, 2.24) is 4.98 Å². The number of hydrogen-bond donors (Lipinski definition) is 0. The van der Waals surface area contributed by atoms with Crippen LogP contribution in [0.15, 0.2) is 60.7 Å². The number of rotatable bonds is 2. The van der Waals surface area contributed by atoms with Crippen molar-refractivity contribution in [2.75, 3.05) is 0 Å². The number of fused-ring (bicyclic) bond motifs is 2. The van der Waals surface area contributed by atoms with Gasteiger partial charge in [-0.15, -0.1) is 0 Å². The predicted molar refractivity (Wildman–Crippen MR) is 92.4 cm³/mol. The number of esters is 1. The average Bonchev–Trinajstić information content (AvgIpc) is 2.68. The molecule has 0 bridgehead atoms. The third-order valence-corrected chi connectivity index (χ3v) is 4.71. The predicted octanol–water partition coefficient (Wildman–Crippen LogP) is 5.39. The standard InChI is InChI=1S/C20H11F6NO2/c21-15-9-10-18(22,20(25,26)19(15,23)24)29-17(28)16-11-5-1-3-7-13(11)27-14-8-4-2-6-12(14)16/h1-10,15H. The maximum atomic E-state index is 14.8. The van der Waals surface area contributed by atoms with Gasteiger partial charge in [0.15, 0.2) is 6.17 Å². The normalized spacial score (nSPS) is 25.2. The number of pyridine rings is 1. The molecule has 1 aromatic heterocycles. The zero-order chi connectivity index (χ0) is 21.0. The van der Waals surface area contributed by atoms with Gasteiger partial charge in [-0.1, -0.05) is 36.4 Å². The molecule has 0 spiro atoms. The molecule has 2 aromatic carbocycles. The number of allylic oxidation sites excluding steroid dienone is 1. The van der Waals surface area contributed by atoms with Crippen molar-refractivity contribution in [3.63, 3.8) is 0 Å². The Kier molecular flexibility index (Phi) is 4.11. The Balaban J connectivity index is 1.87. The van der Waals surface area contributed by atoms with Crippen LogP contribution in [0.4, 0.5) is 26.3 Å². The lowest BCUT2D eigenvalue weighted by atomic mass is 9.92. The first-order chi connectivity index (χ1) is 13.6. The summed E-state index contributed by atoms with van der Waals surface area (Å²) in [6, 6.07) is 12.2. The average molecular weight is 411 g/mol.